The highest BCUT2D eigenvalue weighted by molar-refractivity contribution is 5.73. The van der Waals surface area contributed by atoms with Crippen molar-refractivity contribution >= 4 is 5.97 Å². The molecule has 1 fully saturated rings. The third-order valence-electron chi connectivity index (χ3n) is 2.51. The second-order valence-corrected chi connectivity index (χ2v) is 3.77. The van der Waals surface area contributed by atoms with Crippen LogP contribution >= 0.6 is 0 Å². The van der Waals surface area contributed by atoms with Crippen molar-refractivity contribution in [1.29, 1.82) is 0 Å². The number of hydrogen-bond donors (Lipinski definition) is 1. The maximum atomic E-state index is 10.5. The first-order valence-electron chi connectivity index (χ1n) is 5.15. The van der Waals surface area contributed by atoms with Crippen LogP contribution in [0.4, 0.5) is 0 Å². The zero-order valence-electron chi connectivity index (χ0n) is 8.20. The molecular weight excluding hydrogens is 164 g/mol. The van der Waals surface area contributed by atoms with E-state index in [1.54, 1.807) is 0 Å². The standard InChI is InChI=1S/C11H18O2/c1-2-3-4-5-6-7-9-8-10(9)11(12)13/h6-7,9-10H,2-5,8H2,1H3,(H,12,13)/b7-6-/t9-,10?/m1/s1. The highest BCUT2D eigenvalue weighted by Crippen LogP contribution is 2.39. The number of aliphatic carboxylic acids is 1. The van der Waals surface area contributed by atoms with Gasteiger partial charge in [-0.2, -0.15) is 0 Å². The Bertz CT molecular complexity index is 196. The van der Waals surface area contributed by atoms with Crippen LogP contribution in [-0.2, 0) is 4.79 Å². The van der Waals surface area contributed by atoms with E-state index >= 15 is 0 Å². The molecule has 0 radical (unpaired) electrons. The molecule has 0 heterocycles. The smallest absolute Gasteiger partial charge is 0.307 e. The van der Waals surface area contributed by atoms with Crippen LogP contribution in [-0.4, -0.2) is 11.1 Å². The lowest BCUT2D eigenvalue weighted by Crippen LogP contribution is -1.97. The number of hydrogen-bond acceptors (Lipinski definition) is 1. The van der Waals surface area contributed by atoms with E-state index in [-0.39, 0.29) is 5.92 Å². The van der Waals surface area contributed by atoms with Gasteiger partial charge in [0, 0.05) is 0 Å². The minimum atomic E-state index is -0.636. The highest BCUT2D eigenvalue weighted by Gasteiger charge is 2.40. The Morgan fingerprint density at radius 1 is 1.54 bits per heavy atom. The van der Waals surface area contributed by atoms with E-state index in [0.717, 1.165) is 12.8 Å². The molecule has 1 aliphatic carbocycles. The molecule has 1 unspecified atom stereocenters. The van der Waals surface area contributed by atoms with Crippen molar-refractivity contribution in [2.75, 3.05) is 0 Å². The van der Waals surface area contributed by atoms with Gasteiger partial charge in [0.2, 0.25) is 0 Å². The van der Waals surface area contributed by atoms with Gasteiger partial charge in [0.05, 0.1) is 5.92 Å². The van der Waals surface area contributed by atoms with E-state index in [1.165, 1.54) is 19.3 Å². The van der Waals surface area contributed by atoms with Crippen molar-refractivity contribution < 1.29 is 9.90 Å². The number of carboxylic acid groups (broad SMARTS) is 1. The van der Waals surface area contributed by atoms with Crippen LogP contribution in [0.15, 0.2) is 12.2 Å². The molecule has 0 saturated heterocycles. The Balaban J connectivity index is 2.03. The number of rotatable bonds is 6. The van der Waals surface area contributed by atoms with Crippen molar-refractivity contribution in [1.82, 2.24) is 0 Å². The first-order valence-corrected chi connectivity index (χ1v) is 5.15. The lowest BCUT2D eigenvalue weighted by atomic mass is 10.2. The van der Waals surface area contributed by atoms with Gasteiger partial charge in [-0.3, -0.25) is 4.79 Å². The molecule has 1 saturated carbocycles. The van der Waals surface area contributed by atoms with E-state index in [9.17, 15) is 4.79 Å². The molecule has 2 heteroatoms. The van der Waals surface area contributed by atoms with Crippen molar-refractivity contribution in [2.45, 2.75) is 39.0 Å². The van der Waals surface area contributed by atoms with Gasteiger partial charge in [-0.25, -0.2) is 0 Å². The van der Waals surface area contributed by atoms with Crippen molar-refractivity contribution in [3.05, 3.63) is 12.2 Å². The number of allylic oxidation sites excluding steroid dienone is 2. The first kappa shape index (κ1) is 10.3. The molecule has 74 valence electrons. The molecule has 2 nitrogen and oxygen atoms in total. The fourth-order valence-corrected chi connectivity index (χ4v) is 1.49. The van der Waals surface area contributed by atoms with E-state index in [2.05, 4.69) is 19.1 Å². The van der Waals surface area contributed by atoms with Crippen LogP contribution in [0.25, 0.3) is 0 Å². The third kappa shape index (κ3) is 3.62. The van der Waals surface area contributed by atoms with Crippen LogP contribution in [0, 0.1) is 11.8 Å². The van der Waals surface area contributed by atoms with Gasteiger partial charge in [-0.15, -0.1) is 0 Å². The molecule has 0 aromatic rings. The van der Waals surface area contributed by atoms with Crippen molar-refractivity contribution in [3.63, 3.8) is 0 Å². The summed E-state index contributed by atoms with van der Waals surface area (Å²) in [5, 5.41) is 8.63. The van der Waals surface area contributed by atoms with Gasteiger partial charge in [-0.1, -0.05) is 31.9 Å². The summed E-state index contributed by atoms with van der Waals surface area (Å²) < 4.78 is 0. The van der Waals surface area contributed by atoms with Crippen LogP contribution in [0.3, 0.4) is 0 Å². The molecule has 0 bridgehead atoms. The summed E-state index contributed by atoms with van der Waals surface area (Å²) in [6, 6.07) is 0. The van der Waals surface area contributed by atoms with Crippen molar-refractivity contribution in [3.8, 4) is 0 Å². The predicted octanol–water partition coefficient (Wildman–Crippen LogP) is 2.84. The normalized spacial score (nSPS) is 26.5. The SMILES string of the molecule is CCCCC/C=C\[C@@H]1CC1C(=O)O. The molecular formula is C11H18O2. The maximum absolute atomic E-state index is 10.5. The molecule has 1 rings (SSSR count). The van der Waals surface area contributed by atoms with Crippen LogP contribution in [0.1, 0.15) is 39.0 Å². The Hall–Kier alpha value is -0.790. The van der Waals surface area contributed by atoms with Crippen LogP contribution < -0.4 is 0 Å². The summed E-state index contributed by atoms with van der Waals surface area (Å²) in [6.07, 6.45) is 9.93. The molecule has 1 aliphatic rings. The fraction of sp³-hybridized carbons (Fsp3) is 0.727. The number of unbranched alkanes of at least 4 members (excludes halogenated alkanes) is 3. The number of carbonyl (C=O) groups is 1. The minimum absolute atomic E-state index is 0.0811. The van der Waals surface area contributed by atoms with E-state index in [0.29, 0.717) is 5.92 Å². The molecule has 0 aromatic heterocycles. The largest absolute Gasteiger partial charge is 0.481 e. The lowest BCUT2D eigenvalue weighted by Gasteiger charge is -1.91. The summed E-state index contributed by atoms with van der Waals surface area (Å²) in [7, 11) is 0. The molecule has 0 amide bonds. The van der Waals surface area contributed by atoms with Crippen molar-refractivity contribution in [2.24, 2.45) is 11.8 Å². The van der Waals surface area contributed by atoms with E-state index in [4.69, 9.17) is 5.11 Å². The Morgan fingerprint density at radius 3 is 2.85 bits per heavy atom. The molecule has 13 heavy (non-hydrogen) atoms. The monoisotopic (exact) mass is 182 g/mol. The van der Waals surface area contributed by atoms with Gasteiger partial charge < -0.3 is 5.11 Å². The van der Waals surface area contributed by atoms with Gasteiger partial charge in [0.15, 0.2) is 0 Å². The second kappa shape index (κ2) is 5.05. The summed E-state index contributed by atoms with van der Waals surface area (Å²) >= 11 is 0. The molecule has 0 aliphatic heterocycles. The van der Waals surface area contributed by atoms with Gasteiger partial charge in [0.25, 0.3) is 0 Å². The molecule has 0 aromatic carbocycles. The van der Waals surface area contributed by atoms with Gasteiger partial charge in [0.1, 0.15) is 0 Å². The van der Waals surface area contributed by atoms with Gasteiger partial charge >= 0.3 is 5.97 Å². The molecule has 0 spiro atoms. The Morgan fingerprint density at radius 2 is 2.31 bits per heavy atom. The maximum Gasteiger partial charge on any atom is 0.307 e. The van der Waals surface area contributed by atoms with E-state index in [1.807, 2.05) is 0 Å². The third-order valence-corrected chi connectivity index (χ3v) is 2.51. The van der Waals surface area contributed by atoms with E-state index < -0.39 is 5.97 Å². The molecule has 2 atom stereocenters. The highest BCUT2D eigenvalue weighted by atomic mass is 16.4. The van der Waals surface area contributed by atoms with Crippen LogP contribution in [0.2, 0.25) is 0 Å². The fourth-order valence-electron chi connectivity index (χ4n) is 1.49. The quantitative estimate of drug-likeness (QED) is 0.506. The molecule has 1 N–H and O–H groups in total. The van der Waals surface area contributed by atoms with Gasteiger partial charge in [-0.05, 0) is 25.2 Å². The second-order valence-electron chi connectivity index (χ2n) is 3.77. The average Bonchev–Trinajstić information content (AvgIpc) is 2.83. The lowest BCUT2D eigenvalue weighted by molar-refractivity contribution is -0.138. The average molecular weight is 182 g/mol. The first-order chi connectivity index (χ1) is 6.25. The summed E-state index contributed by atoms with van der Waals surface area (Å²) in [5.41, 5.74) is 0. The summed E-state index contributed by atoms with van der Waals surface area (Å²) in [6.45, 7) is 2.19. The minimum Gasteiger partial charge on any atom is -0.481 e. The predicted molar refractivity (Wildman–Crippen MR) is 52.5 cm³/mol. The topological polar surface area (TPSA) is 37.3 Å². The number of carboxylic acids is 1. The zero-order chi connectivity index (χ0) is 9.68. The zero-order valence-corrected chi connectivity index (χ0v) is 8.20. The summed E-state index contributed by atoms with van der Waals surface area (Å²) in [4.78, 5) is 10.5. The summed E-state index contributed by atoms with van der Waals surface area (Å²) in [5.74, 6) is -0.384. The van der Waals surface area contributed by atoms with Crippen LogP contribution in [0.5, 0.6) is 0 Å². The Kier molecular flexibility index (Phi) is 4.00. The Labute approximate surface area is 79.6 Å².